The van der Waals surface area contributed by atoms with Gasteiger partial charge >= 0.3 is 0 Å². The van der Waals surface area contributed by atoms with Crippen LogP contribution in [0.4, 0.5) is 0 Å². The van der Waals surface area contributed by atoms with Crippen LogP contribution >= 0.6 is 0 Å². The van der Waals surface area contributed by atoms with Crippen molar-refractivity contribution in [2.24, 2.45) is 5.92 Å². The molecule has 1 heterocycles. The van der Waals surface area contributed by atoms with Gasteiger partial charge in [-0.25, -0.2) is 0 Å². The Morgan fingerprint density at radius 3 is 3.13 bits per heavy atom. The SMILES string of the molecule is c1cnc2c(c1)CCCC2NCC1CC1. The van der Waals surface area contributed by atoms with Gasteiger partial charge in [0.25, 0.3) is 0 Å². The minimum Gasteiger partial charge on any atom is -0.308 e. The van der Waals surface area contributed by atoms with Gasteiger partial charge in [-0.3, -0.25) is 4.98 Å². The van der Waals surface area contributed by atoms with E-state index >= 15 is 0 Å². The Hall–Kier alpha value is -0.890. The first-order valence-corrected chi connectivity index (χ1v) is 6.10. The highest BCUT2D eigenvalue weighted by atomic mass is 14.9. The molecule has 0 radical (unpaired) electrons. The molecular formula is C13H18N2. The van der Waals surface area contributed by atoms with Gasteiger partial charge < -0.3 is 5.32 Å². The summed E-state index contributed by atoms with van der Waals surface area (Å²) >= 11 is 0. The maximum Gasteiger partial charge on any atom is 0.0605 e. The fraction of sp³-hybridized carbons (Fsp3) is 0.615. The zero-order chi connectivity index (χ0) is 10.1. The summed E-state index contributed by atoms with van der Waals surface area (Å²) in [6.07, 6.45) is 8.56. The van der Waals surface area contributed by atoms with Gasteiger partial charge in [0.2, 0.25) is 0 Å². The van der Waals surface area contributed by atoms with Crippen molar-refractivity contribution >= 4 is 0 Å². The van der Waals surface area contributed by atoms with Crippen LogP contribution in [-0.4, -0.2) is 11.5 Å². The van der Waals surface area contributed by atoms with Crippen molar-refractivity contribution < 1.29 is 0 Å². The summed E-state index contributed by atoms with van der Waals surface area (Å²) in [7, 11) is 0. The highest BCUT2D eigenvalue weighted by molar-refractivity contribution is 5.25. The molecule has 2 aliphatic carbocycles. The number of aromatic nitrogens is 1. The maximum atomic E-state index is 4.54. The average molecular weight is 202 g/mol. The molecule has 1 fully saturated rings. The first kappa shape index (κ1) is 9.34. The Morgan fingerprint density at radius 1 is 1.33 bits per heavy atom. The molecule has 1 aromatic rings. The van der Waals surface area contributed by atoms with Crippen molar-refractivity contribution in [2.45, 2.75) is 38.1 Å². The van der Waals surface area contributed by atoms with Crippen LogP contribution in [0.5, 0.6) is 0 Å². The van der Waals surface area contributed by atoms with Gasteiger partial charge in [0.1, 0.15) is 0 Å². The molecule has 3 rings (SSSR count). The van der Waals surface area contributed by atoms with E-state index in [-0.39, 0.29) is 0 Å². The van der Waals surface area contributed by atoms with Crippen LogP contribution < -0.4 is 5.32 Å². The van der Waals surface area contributed by atoms with Crippen LogP contribution in [0, 0.1) is 5.92 Å². The quantitative estimate of drug-likeness (QED) is 0.814. The van der Waals surface area contributed by atoms with Gasteiger partial charge in [0, 0.05) is 12.2 Å². The highest BCUT2D eigenvalue weighted by Gasteiger charge is 2.25. The van der Waals surface area contributed by atoms with E-state index in [0.29, 0.717) is 6.04 Å². The van der Waals surface area contributed by atoms with Crippen molar-refractivity contribution in [2.75, 3.05) is 6.54 Å². The van der Waals surface area contributed by atoms with Crippen molar-refractivity contribution in [1.82, 2.24) is 10.3 Å². The third-order valence-electron chi connectivity index (χ3n) is 3.54. The fourth-order valence-electron chi connectivity index (χ4n) is 2.44. The molecule has 0 aromatic carbocycles. The summed E-state index contributed by atoms with van der Waals surface area (Å²) in [5, 5.41) is 3.68. The van der Waals surface area contributed by atoms with Gasteiger partial charge in [-0.15, -0.1) is 0 Å². The summed E-state index contributed by atoms with van der Waals surface area (Å²) in [5.41, 5.74) is 2.77. The van der Waals surface area contributed by atoms with E-state index in [0.717, 1.165) is 5.92 Å². The second kappa shape index (κ2) is 3.93. The molecule has 0 aliphatic heterocycles. The van der Waals surface area contributed by atoms with Gasteiger partial charge in [0.05, 0.1) is 5.69 Å². The van der Waals surface area contributed by atoms with Crippen LogP contribution in [0.2, 0.25) is 0 Å². The maximum absolute atomic E-state index is 4.54. The lowest BCUT2D eigenvalue weighted by molar-refractivity contribution is 0.440. The van der Waals surface area contributed by atoms with E-state index in [1.165, 1.54) is 49.9 Å². The highest BCUT2D eigenvalue weighted by Crippen LogP contribution is 2.31. The van der Waals surface area contributed by atoms with Crippen molar-refractivity contribution in [3.8, 4) is 0 Å². The average Bonchev–Trinajstić information content (AvgIpc) is 3.10. The Labute approximate surface area is 91.1 Å². The molecule has 0 saturated heterocycles. The van der Waals surface area contributed by atoms with E-state index in [4.69, 9.17) is 0 Å². The van der Waals surface area contributed by atoms with E-state index in [1.54, 1.807) is 0 Å². The number of aryl methyl sites for hydroxylation is 1. The molecule has 15 heavy (non-hydrogen) atoms. The van der Waals surface area contributed by atoms with Gasteiger partial charge in [0.15, 0.2) is 0 Å². The number of pyridine rings is 1. The van der Waals surface area contributed by atoms with E-state index in [9.17, 15) is 0 Å². The fourth-order valence-corrected chi connectivity index (χ4v) is 2.44. The summed E-state index contributed by atoms with van der Waals surface area (Å²) in [4.78, 5) is 4.54. The molecule has 0 bridgehead atoms. The number of nitrogens with one attached hydrogen (secondary N) is 1. The Balaban J connectivity index is 1.73. The molecular weight excluding hydrogens is 184 g/mol. The van der Waals surface area contributed by atoms with Crippen molar-refractivity contribution in [1.29, 1.82) is 0 Å². The summed E-state index contributed by atoms with van der Waals surface area (Å²) in [5.74, 6) is 0.957. The normalized spacial score (nSPS) is 24.9. The lowest BCUT2D eigenvalue weighted by Gasteiger charge is -2.25. The Kier molecular flexibility index (Phi) is 2.45. The lowest BCUT2D eigenvalue weighted by Crippen LogP contribution is -2.27. The third-order valence-corrected chi connectivity index (χ3v) is 3.54. The third kappa shape index (κ3) is 2.05. The number of hydrogen-bond acceptors (Lipinski definition) is 2. The molecule has 1 saturated carbocycles. The number of fused-ring (bicyclic) bond motifs is 1. The molecule has 0 amide bonds. The second-order valence-corrected chi connectivity index (χ2v) is 4.84. The summed E-state index contributed by atoms with van der Waals surface area (Å²) in [6.45, 7) is 1.20. The van der Waals surface area contributed by atoms with Gasteiger partial charge in [-0.05, 0) is 56.2 Å². The molecule has 2 nitrogen and oxygen atoms in total. The first-order chi connectivity index (χ1) is 7.43. The molecule has 1 atom stereocenters. The van der Waals surface area contributed by atoms with Crippen LogP contribution in [-0.2, 0) is 6.42 Å². The topological polar surface area (TPSA) is 24.9 Å². The number of rotatable bonds is 3. The molecule has 1 aromatic heterocycles. The molecule has 2 aliphatic rings. The van der Waals surface area contributed by atoms with E-state index < -0.39 is 0 Å². The minimum absolute atomic E-state index is 0.524. The second-order valence-electron chi connectivity index (χ2n) is 4.84. The summed E-state index contributed by atoms with van der Waals surface area (Å²) in [6, 6.07) is 4.81. The van der Waals surface area contributed by atoms with Crippen molar-refractivity contribution in [3.05, 3.63) is 29.6 Å². The van der Waals surface area contributed by atoms with Crippen LogP contribution in [0.1, 0.15) is 43.0 Å². The standard InChI is InChI=1S/C13H18N2/c1-3-11-4-2-8-14-13(11)12(5-1)15-9-10-6-7-10/h2,4,8,10,12,15H,1,3,5-7,9H2. The van der Waals surface area contributed by atoms with E-state index in [1.807, 2.05) is 6.20 Å². The smallest absolute Gasteiger partial charge is 0.0605 e. The van der Waals surface area contributed by atoms with Crippen LogP contribution in [0.15, 0.2) is 18.3 Å². The molecule has 1 N–H and O–H groups in total. The summed E-state index contributed by atoms with van der Waals surface area (Å²) < 4.78 is 0. The molecule has 80 valence electrons. The Morgan fingerprint density at radius 2 is 2.27 bits per heavy atom. The zero-order valence-corrected chi connectivity index (χ0v) is 9.08. The van der Waals surface area contributed by atoms with Crippen LogP contribution in [0.3, 0.4) is 0 Å². The first-order valence-electron chi connectivity index (χ1n) is 6.10. The van der Waals surface area contributed by atoms with Gasteiger partial charge in [-0.2, -0.15) is 0 Å². The molecule has 0 spiro atoms. The van der Waals surface area contributed by atoms with E-state index in [2.05, 4.69) is 22.4 Å². The Bertz CT molecular complexity index is 344. The van der Waals surface area contributed by atoms with Crippen LogP contribution in [0.25, 0.3) is 0 Å². The van der Waals surface area contributed by atoms with Gasteiger partial charge in [-0.1, -0.05) is 6.07 Å². The molecule has 1 unspecified atom stereocenters. The zero-order valence-electron chi connectivity index (χ0n) is 9.08. The largest absolute Gasteiger partial charge is 0.308 e. The molecule has 2 heteroatoms. The monoisotopic (exact) mass is 202 g/mol. The lowest BCUT2D eigenvalue weighted by atomic mass is 9.92. The number of hydrogen-bond donors (Lipinski definition) is 1. The van der Waals surface area contributed by atoms with Crippen molar-refractivity contribution in [3.63, 3.8) is 0 Å². The number of nitrogens with zero attached hydrogens (tertiary/aromatic N) is 1. The predicted octanol–water partition coefficient (Wildman–Crippen LogP) is 2.46. The predicted molar refractivity (Wildman–Crippen MR) is 60.6 cm³/mol. The minimum atomic E-state index is 0.524.